The van der Waals surface area contributed by atoms with Crippen molar-refractivity contribution >= 4 is 10.9 Å². The lowest BCUT2D eigenvalue weighted by Crippen LogP contribution is -2.87. The van der Waals surface area contributed by atoms with Gasteiger partial charge in [-0.05, 0) is 18.1 Å². The first-order chi connectivity index (χ1) is 12.6. The molecule has 4 rings (SSSR count). The molecule has 0 bridgehead atoms. The Hall–Kier alpha value is -2.80. The van der Waals surface area contributed by atoms with Crippen molar-refractivity contribution < 1.29 is 10.4 Å². The van der Waals surface area contributed by atoms with Crippen molar-refractivity contribution in [2.24, 2.45) is 0 Å². The first-order valence-electron chi connectivity index (χ1n) is 9.10. The van der Waals surface area contributed by atoms with Gasteiger partial charge in [0, 0.05) is 23.9 Å². The molecule has 26 heavy (non-hydrogen) atoms. The maximum atomic E-state index is 12.5. The average molecular weight is 355 g/mol. The van der Waals surface area contributed by atoms with Gasteiger partial charge in [-0.2, -0.15) is 0 Å². The van der Waals surface area contributed by atoms with E-state index in [0.29, 0.717) is 6.54 Å². The summed E-state index contributed by atoms with van der Waals surface area (Å²) in [6.07, 6.45) is 2.54. The van der Waals surface area contributed by atoms with E-state index in [9.17, 15) is 14.7 Å². The number of para-hydroxylation sites is 1. The monoisotopic (exact) mass is 355 g/mol. The largest absolute Gasteiger partial charge is 0.494 e. The fourth-order valence-electron chi connectivity index (χ4n) is 3.91. The minimum absolute atomic E-state index is 0.222. The van der Waals surface area contributed by atoms with Crippen molar-refractivity contribution in [3.8, 4) is 5.88 Å². The summed E-state index contributed by atoms with van der Waals surface area (Å²) in [5, 5.41) is 13.9. The van der Waals surface area contributed by atoms with Crippen LogP contribution in [0, 0.1) is 0 Å². The van der Waals surface area contributed by atoms with E-state index >= 15 is 0 Å². The number of H-pyrrole nitrogens is 2. The summed E-state index contributed by atoms with van der Waals surface area (Å²) in [5.41, 5.74) is 2.30. The Labute approximate surface area is 149 Å². The van der Waals surface area contributed by atoms with E-state index in [-0.39, 0.29) is 17.5 Å². The topological polar surface area (TPSA) is 107 Å². The van der Waals surface area contributed by atoms with Crippen LogP contribution in [-0.4, -0.2) is 26.2 Å². The number of nitrogens with zero attached hydrogens (tertiary/aromatic N) is 1. The number of aromatic amines is 2. The SMILES string of the molecule is CCCCn1c(O)c([C@H]2[NH2+]CCc3c2[nH]c2ccccc32)c(=O)[nH]c1=O. The lowest BCUT2D eigenvalue weighted by Gasteiger charge is -2.22. The number of nitrogens with one attached hydrogen (secondary N) is 2. The fourth-order valence-corrected chi connectivity index (χ4v) is 3.91. The van der Waals surface area contributed by atoms with Crippen LogP contribution in [0.2, 0.25) is 0 Å². The van der Waals surface area contributed by atoms with Gasteiger partial charge < -0.3 is 15.4 Å². The lowest BCUT2D eigenvalue weighted by atomic mass is 9.95. The third-order valence-corrected chi connectivity index (χ3v) is 5.21. The summed E-state index contributed by atoms with van der Waals surface area (Å²) in [6.45, 7) is 3.21. The minimum atomic E-state index is -0.558. The van der Waals surface area contributed by atoms with E-state index in [4.69, 9.17) is 0 Å². The van der Waals surface area contributed by atoms with Crippen LogP contribution in [0.25, 0.3) is 10.9 Å². The Morgan fingerprint density at radius 3 is 2.88 bits per heavy atom. The number of rotatable bonds is 4. The maximum Gasteiger partial charge on any atom is 0.331 e. The highest BCUT2D eigenvalue weighted by Crippen LogP contribution is 2.31. The first-order valence-corrected chi connectivity index (χ1v) is 9.10. The average Bonchev–Trinajstić information content (AvgIpc) is 3.01. The number of unbranched alkanes of at least 4 members (excludes halogenated alkanes) is 1. The molecule has 0 aliphatic carbocycles. The Bertz CT molecular complexity index is 1080. The molecular weight excluding hydrogens is 332 g/mol. The molecule has 0 fully saturated rings. The maximum absolute atomic E-state index is 12.5. The highest BCUT2D eigenvalue weighted by molar-refractivity contribution is 5.85. The van der Waals surface area contributed by atoms with Gasteiger partial charge in [0.25, 0.3) is 5.56 Å². The van der Waals surface area contributed by atoms with Gasteiger partial charge in [-0.1, -0.05) is 31.5 Å². The highest BCUT2D eigenvalue weighted by Gasteiger charge is 2.34. The van der Waals surface area contributed by atoms with E-state index in [0.717, 1.165) is 42.4 Å². The summed E-state index contributed by atoms with van der Waals surface area (Å²) in [4.78, 5) is 30.5. The molecule has 0 amide bonds. The van der Waals surface area contributed by atoms with Gasteiger partial charge in [-0.25, -0.2) is 4.79 Å². The highest BCUT2D eigenvalue weighted by atomic mass is 16.3. The second-order valence-electron chi connectivity index (χ2n) is 6.82. The van der Waals surface area contributed by atoms with Crippen LogP contribution in [0.3, 0.4) is 0 Å². The van der Waals surface area contributed by atoms with Crippen LogP contribution >= 0.6 is 0 Å². The van der Waals surface area contributed by atoms with Gasteiger partial charge in [-0.3, -0.25) is 14.3 Å². The molecule has 0 unspecified atom stereocenters. The van der Waals surface area contributed by atoms with E-state index in [1.807, 2.05) is 30.4 Å². The van der Waals surface area contributed by atoms with Crippen LogP contribution in [0.5, 0.6) is 5.88 Å². The van der Waals surface area contributed by atoms with E-state index in [2.05, 4.69) is 16.0 Å². The molecule has 1 aliphatic rings. The Kier molecular flexibility index (Phi) is 4.16. The van der Waals surface area contributed by atoms with Gasteiger partial charge in [0.1, 0.15) is 5.56 Å². The van der Waals surface area contributed by atoms with Crippen molar-refractivity contribution in [2.75, 3.05) is 6.54 Å². The normalized spacial score (nSPS) is 16.7. The zero-order valence-electron chi connectivity index (χ0n) is 14.7. The molecule has 0 saturated heterocycles. The van der Waals surface area contributed by atoms with Crippen molar-refractivity contribution in [3.05, 3.63) is 61.9 Å². The number of quaternary nitrogens is 1. The number of aromatic nitrogens is 3. The van der Waals surface area contributed by atoms with Crippen LogP contribution in [-0.2, 0) is 13.0 Å². The molecule has 1 atom stereocenters. The van der Waals surface area contributed by atoms with Crippen molar-refractivity contribution in [3.63, 3.8) is 0 Å². The molecule has 0 spiro atoms. The smallest absolute Gasteiger partial charge is 0.331 e. The molecule has 7 heteroatoms. The zero-order chi connectivity index (χ0) is 18.3. The molecule has 7 nitrogen and oxygen atoms in total. The third-order valence-electron chi connectivity index (χ3n) is 5.21. The summed E-state index contributed by atoms with van der Waals surface area (Å²) < 4.78 is 1.27. The molecule has 2 aromatic heterocycles. The third kappa shape index (κ3) is 2.55. The molecule has 0 saturated carbocycles. The van der Waals surface area contributed by atoms with E-state index < -0.39 is 11.2 Å². The molecular formula is C19H23N4O3+. The number of fused-ring (bicyclic) bond motifs is 3. The summed E-state index contributed by atoms with van der Waals surface area (Å²) >= 11 is 0. The molecule has 3 aromatic rings. The van der Waals surface area contributed by atoms with Crippen LogP contribution in [0.1, 0.15) is 42.6 Å². The van der Waals surface area contributed by atoms with Gasteiger partial charge in [0.2, 0.25) is 5.88 Å². The fraction of sp³-hybridized carbons (Fsp3) is 0.368. The van der Waals surface area contributed by atoms with E-state index in [1.165, 1.54) is 10.1 Å². The Morgan fingerprint density at radius 1 is 1.27 bits per heavy atom. The Morgan fingerprint density at radius 2 is 2.08 bits per heavy atom. The zero-order valence-corrected chi connectivity index (χ0v) is 14.7. The summed E-state index contributed by atoms with van der Waals surface area (Å²) in [6, 6.07) is 7.69. The van der Waals surface area contributed by atoms with Crippen LogP contribution < -0.4 is 16.6 Å². The predicted molar refractivity (Wildman–Crippen MR) is 98.5 cm³/mol. The number of benzene rings is 1. The molecule has 0 radical (unpaired) electrons. The van der Waals surface area contributed by atoms with Crippen LogP contribution in [0.15, 0.2) is 33.9 Å². The lowest BCUT2D eigenvalue weighted by molar-refractivity contribution is -0.690. The number of hydrogen-bond acceptors (Lipinski definition) is 3. The molecule has 1 aliphatic heterocycles. The minimum Gasteiger partial charge on any atom is -0.494 e. The Balaban J connectivity index is 1.90. The van der Waals surface area contributed by atoms with Crippen molar-refractivity contribution in [1.29, 1.82) is 0 Å². The van der Waals surface area contributed by atoms with Gasteiger partial charge in [-0.15, -0.1) is 0 Å². The van der Waals surface area contributed by atoms with Crippen molar-refractivity contribution in [2.45, 2.75) is 38.8 Å². The van der Waals surface area contributed by atoms with E-state index in [1.54, 1.807) is 0 Å². The number of nitrogens with two attached hydrogens (primary N) is 1. The molecule has 1 aromatic carbocycles. The summed E-state index contributed by atoms with van der Waals surface area (Å²) in [7, 11) is 0. The number of aromatic hydroxyl groups is 1. The number of hydrogen-bond donors (Lipinski definition) is 4. The van der Waals surface area contributed by atoms with Crippen LogP contribution in [0.4, 0.5) is 0 Å². The first kappa shape index (κ1) is 16.7. The van der Waals surface area contributed by atoms with Gasteiger partial charge in [0.15, 0.2) is 6.04 Å². The van der Waals surface area contributed by atoms with Gasteiger partial charge in [0.05, 0.1) is 12.2 Å². The molecule has 136 valence electrons. The second kappa shape index (κ2) is 6.49. The predicted octanol–water partition coefficient (Wildman–Crippen LogP) is 0.732. The second-order valence-corrected chi connectivity index (χ2v) is 6.82. The standard InChI is InChI=1S/C19H22N4O3/c1-2-3-10-23-18(25)14(17(24)22-19(23)26)16-15-12(8-9-20-16)11-6-4-5-7-13(11)21-15/h4-7,16,20-21,25H,2-3,8-10H2,1H3,(H,22,24,26)/p+1/t16-/m1/s1. The molecule has 5 N–H and O–H groups in total. The quantitative estimate of drug-likeness (QED) is 0.554. The molecule has 3 heterocycles. The van der Waals surface area contributed by atoms with Crippen molar-refractivity contribution in [1.82, 2.24) is 14.5 Å². The summed E-state index contributed by atoms with van der Waals surface area (Å²) in [5.74, 6) is -0.222. The van der Waals surface area contributed by atoms with Gasteiger partial charge >= 0.3 is 5.69 Å².